The molecule has 2 heterocycles. The van der Waals surface area contributed by atoms with E-state index in [1.54, 1.807) is 0 Å². The maximum atomic E-state index is 2.98. The molecule has 0 amide bonds. The van der Waals surface area contributed by atoms with Gasteiger partial charge in [-0.25, -0.2) is 0 Å². The van der Waals surface area contributed by atoms with Crippen molar-refractivity contribution in [2.75, 3.05) is 0 Å². The van der Waals surface area contributed by atoms with Gasteiger partial charge in [0.15, 0.2) is 0 Å². The van der Waals surface area contributed by atoms with Crippen molar-refractivity contribution in [3.63, 3.8) is 0 Å². The Balaban J connectivity index is 2.28. The number of rotatable bonds is 2. The Hall–Kier alpha value is 0.463. The number of piperidine rings is 2. The fourth-order valence-electron chi connectivity index (χ4n) is 4.99. The summed E-state index contributed by atoms with van der Waals surface area (Å²) >= 11 is -0.970. The molecule has 2 nitrogen and oxygen atoms in total. The van der Waals surface area contributed by atoms with E-state index in [9.17, 15) is 0 Å². The molecule has 0 aromatic rings. The van der Waals surface area contributed by atoms with E-state index < -0.39 is 15.9 Å². The quantitative estimate of drug-likeness (QED) is 0.689. The molecule has 0 aliphatic carbocycles. The van der Waals surface area contributed by atoms with E-state index in [4.69, 9.17) is 0 Å². The molecule has 0 saturated carbocycles. The summed E-state index contributed by atoms with van der Waals surface area (Å²) in [6.07, 6.45) is 8.27. The van der Waals surface area contributed by atoms with Crippen molar-refractivity contribution >= 4 is 15.9 Å². The molecule has 0 unspecified atom stereocenters. The molecule has 0 spiro atoms. The average molecular weight is 355 g/mol. The predicted molar refractivity (Wildman–Crippen MR) is 96.2 cm³/mol. The van der Waals surface area contributed by atoms with Gasteiger partial charge in [0.25, 0.3) is 0 Å². The van der Waals surface area contributed by atoms with Crippen molar-refractivity contribution in [2.24, 2.45) is 0 Å². The molecule has 2 fully saturated rings. The van der Waals surface area contributed by atoms with Crippen LogP contribution in [-0.2, 0) is 0 Å². The Labute approximate surface area is 139 Å². The van der Waals surface area contributed by atoms with Crippen LogP contribution in [0.1, 0.15) is 93.9 Å². The molecular formula is C18H38GeN2. The minimum atomic E-state index is -0.970. The van der Waals surface area contributed by atoms with Gasteiger partial charge in [-0.1, -0.05) is 0 Å². The van der Waals surface area contributed by atoms with E-state index in [0.29, 0.717) is 22.2 Å². The molecule has 2 aliphatic rings. The van der Waals surface area contributed by atoms with Crippen molar-refractivity contribution in [1.29, 1.82) is 0 Å². The van der Waals surface area contributed by atoms with Crippen LogP contribution in [0.5, 0.6) is 0 Å². The van der Waals surface area contributed by atoms with Gasteiger partial charge in [-0.05, 0) is 0 Å². The predicted octanol–water partition coefficient (Wildman–Crippen LogP) is 4.07. The van der Waals surface area contributed by atoms with Gasteiger partial charge in [0, 0.05) is 0 Å². The first kappa shape index (κ1) is 17.8. The summed E-state index contributed by atoms with van der Waals surface area (Å²) in [5.41, 5.74) is 1.58. The fraction of sp³-hybridized carbons (Fsp3) is 1.00. The van der Waals surface area contributed by atoms with E-state index in [1.807, 2.05) is 0 Å². The third-order valence-electron chi connectivity index (χ3n) is 6.36. The van der Waals surface area contributed by atoms with Crippen molar-refractivity contribution in [3.05, 3.63) is 0 Å². The Kier molecular flexibility index (Phi) is 4.68. The van der Waals surface area contributed by atoms with Gasteiger partial charge in [0.05, 0.1) is 0 Å². The van der Waals surface area contributed by atoms with Crippen LogP contribution in [0.15, 0.2) is 0 Å². The Morgan fingerprint density at radius 1 is 0.524 bits per heavy atom. The molecule has 0 radical (unpaired) electrons. The molecule has 2 saturated heterocycles. The molecular weight excluding hydrogens is 317 g/mol. The summed E-state index contributed by atoms with van der Waals surface area (Å²) in [6, 6.07) is 0. The monoisotopic (exact) mass is 356 g/mol. The van der Waals surface area contributed by atoms with Gasteiger partial charge in [-0.15, -0.1) is 0 Å². The van der Waals surface area contributed by atoms with Crippen LogP contribution in [0, 0.1) is 0 Å². The first-order chi connectivity index (χ1) is 9.39. The third-order valence-corrected chi connectivity index (χ3v) is 14.7. The average Bonchev–Trinajstić information content (AvgIpc) is 2.23. The zero-order valence-electron chi connectivity index (χ0n) is 15.8. The van der Waals surface area contributed by atoms with E-state index in [2.05, 4.69) is 63.1 Å². The van der Waals surface area contributed by atoms with Crippen LogP contribution < -0.4 is 0 Å². The Morgan fingerprint density at radius 2 is 0.762 bits per heavy atom. The van der Waals surface area contributed by atoms with Gasteiger partial charge >= 0.3 is 140 Å². The summed E-state index contributed by atoms with van der Waals surface area (Å²) in [4.78, 5) is 0. The Bertz CT molecular complexity index is 317. The first-order valence-electron chi connectivity index (χ1n) is 8.94. The van der Waals surface area contributed by atoms with Crippen molar-refractivity contribution in [2.45, 2.75) is 116 Å². The van der Waals surface area contributed by atoms with Crippen LogP contribution in [0.25, 0.3) is 0 Å². The molecule has 2 aliphatic heterocycles. The molecule has 0 N–H and O–H groups in total. The SMILES string of the molecule is CC1(C)CCCC(C)(C)[N]1[GeH2][N]1C(C)(C)CCCC1(C)C. The van der Waals surface area contributed by atoms with Crippen molar-refractivity contribution in [1.82, 2.24) is 7.71 Å². The minimum absolute atomic E-state index is 0.394. The van der Waals surface area contributed by atoms with Crippen molar-refractivity contribution < 1.29 is 0 Å². The van der Waals surface area contributed by atoms with Gasteiger partial charge in [-0.2, -0.15) is 0 Å². The second-order valence-electron chi connectivity index (χ2n) is 9.95. The zero-order chi connectivity index (χ0) is 16.1. The van der Waals surface area contributed by atoms with E-state index in [0.717, 1.165) is 0 Å². The molecule has 0 aromatic carbocycles. The number of hydrogen-bond acceptors (Lipinski definition) is 2. The number of hydrogen-bond donors (Lipinski definition) is 0. The molecule has 0 bridgehead atoms. The van der Waals surface area contributed by atoms with Gasteiger partial charge < -0.3 is 0 Å². The van der Waals surface area contributed by atoms with Crippen LogP contribution in [0.2, 0.25) is 0 Å². The molecule has 0 atom stereocenters. The standard InChI is InChI=1S/C18H38GeN2/c1-15(2)11-9-12-16(3,4)20(15)19-21-17(5,6)13-10-14-18(21,7)8/h9-14,19H2,1-8H3. The van der Waals surface area contributed by atoms with Crippen LogP contribution in [-0.4, -0.2) is 45.7 Å². The van der Waals surface area contributed by atoms with Gasteiger partial charge in [0.1, 0.15) is 0 Å². The topological polar surface area (TPSA) is 6.48 Å². The summed E-state index contributed by atoms with van der Waals surface area (Å²) < 4.78 is 5.96. The second kappa shape index (κ2) is 5.52. The van der Waals surface area contributed by atoms with Crippen LogP contribution in [0.4, 0.5) is 0 Å². The van der Waals surface area contributed by atoms with E-state index in [-0.39, 0.29) is 0 Å². The van der Waals surface area contributed by atoms with E-state index >= 15 is 0 Å². The van der Waals surface area contributed by atoms with Gasteiger partial charge in [-0.3, -0.25) is 0 Å². The summed E-state index contributed by atoms with van der Waals surface area (Å²) in [5.74, 6) is 0. The van der Waals surface area contributed by atoms with Crippen LogP contribution in [0.3, 0.4) is 0 Å². The molecule has 21 heavy (non-hydrogen) atoms. The fourth-order valence-corrected chi connectivity index (χ4v) is 10.1. The molecule has 2 rings (SSSR count). The normalized spacial score (nSPS) is 32.0. The second-order valence-corrected chi connectivity index (χ2v) is 13.2. The summed E-state index contributed by atoms with van der Waals surface area (Å²) in [6.45, 7) is 19.9. The Morgan fingerprint density at radius 3 is 1.00 bits per heavy atom. The summed E-state index contributed by atoms with van der Waals surface area (Å²) in [7, 11) is 0. The van der Waals surface area contributed by atoms with Crippen LogP contribution >= 0.6 is 0 Å². The van der Waals surface area contributed by atoms with E-state index in [1.165, 1.54) is 38.5 Å². The number of nitrogens with zero attached hydrogens (tertiary/aromatic N) is 2. The summed E-state index contributed by atoms with van der Waals surface area (Å²) in [5, 5.41) is 0. The van der Waals surface area contributed by atoms with Crippen molar-refractivity contribution in [3.8, 4) is 0 Å². The zero-order valence-corrected chi connectivity index (χ0v) is 18.8. The third kappa shape index (κ3) is 3.53. The van der Waals surface area contributed by atoms with Gasteiger partial charge in [0.2, 0.25) is 0 Å². The molecule has 3 heteroatoms. The maximum absolute atomic E-state index is 2.98. The molecule has 124 valence electrons. The molecule has 0 aromatic heterocycles. The first-order valence-corrected chi connectivity index (χ1v) is 11.6.